The highest BCUT2D eigenvalue weighted by molar-refractivity contribution is 4.93. The van der Waals surface area contributed by atoms with Crippen molar-refractivity contribution >= 4 is 0 Å². The van der Waals surface area contributed by atoms with Crippen molar-refractivity contribution in [3.05, 3.63) is 12.2 Å². The maximum Gasteiger partial charge on any atom is -0.00742 e. The van der Waals surface area contributed by atoms with Gasteiger partial charge in [0, 0.05) is 0 Å². The first-order valence-corrected chi connectivity index (χ1v) is 5.03. The molecule has 2 N–H and O–H groups in total. The molecule has 0 aromatic carbocycles. The van der Waals surface area contributed by atoms with E-state index >= 15 is 0 Å². The molecule has 12 heavy (non-hydrogen) atoms. The summed E-state index contributed by atoms with van der Waals surface area (Å²) in [5, 5.41) is 0. The van der Waals surface area contributed by atoms with Gasteiger partial charge in [0.1, 0.15) is 0 Å². The maximum absolute atomic E-state index is 5.41. The van der Waals surface area contributed by atoms with E-state index in [1.54, 1.807) is 0 Å². The molecule has 0 aromatic heterocycles. The lowest BCUT2D eigenvalue weighted by molar-refractivity contribution is 0.550. The summed E-state index contributed by atoms with van der Waals surface area (Å²) in [6.45, 7) is 9.36. The lowest BCUT2D eigenvalue weighted by Crippen LogP contribution is -1.98. The van der Waals surface area contributed by atoms with Crippen LogP contribution in [0, 0.1) is 5.92 Å². The number of nitrogens with two attached hydrogens (primary N) is 1. The smallest absolute Gasteiger partial charge is 0.00742 e. The van der Waals surface area contributed by atoms with E-state index in [1.165, 1.54) is 24.8 Å². The van der Waals surface area contributed by atoms with Gasteiger partial charge < -0.3 is 5.73 Å². The molecular formula is C11H23N. The SMILES string of the molecule is C=C(CCCN)CCCC(C)C. The zero-order valence-electron chi connectivity index (χ0n) is 8.60. The van der Waals surface area contributed by atoms with Crippen LogP contribution >= 0.6 is 0 Å². The van der Waals surface area contributed by atoms with Crippen LogP contribution in [0.4, 0.5) is 0 Å². The molecule has 0 aliphatic heterocycles. The van der Waals surface area contributed by atoms with Gasteiger partial charge in [0.2, 0.25) is 0 Å². The molecule has 1 nitrogen and oxygen atoms in total. The van der Waals surface area contributed by atoms with Crippen LogP contribution < -0.4 is 5.73 Å². The quantitative estimate of drug-likeness (QED) is 0.582. The Bertz CT molecular complexity index is 116. The van der Waals surface area contributed by atoms with E-state index < -0.39 is 0 Å². The normalized spacial score (nSPS) is 10.7. The molecule has 72 valence electrons. The Balaban J connectivity index is 3.20. The summed E-state index contributed by atoms with van der Waals surface area (Å²) in [4.78, 5) is 0. The zero-order chi connectivity index (χ0) is 9.40. The Morgan fingerprint density at radius 3 is 2.33 bits per heavy atom. The van der Waals surface area contributed by atoms with E-state index in [4.69, 9.17) is 5.73 Å². The largest absolute Gasteiger partial charge is 0.330 e. The van der Waals surface area contributed by atoms with Crippen molar-refractivity contribution in [1.82, 2.24) is 0 Å². The van der Waals surface area contributed by atoms with E-state index in [-0.39, 0.29) is 0 Å². The minimum absolute atomic E-state index is 0.795. The highest BCUT2D eigenvalue weighted by Gasteiger charge is 1.96. The fourth-order valence-corrected chi connectivity index (χ4v) is 1.24. The van der Waals surface area contributed by atoms with Gasteiger partial charge in [-0.2, -0.15) is 0 Å². The summed E-state index contributed by atoms with van der Waals surface area (Å²) in [5.74, 6) is 0.826. The number of hydrogen-bond donors (Lipinski definition) is 1. The lowest BCUT2D eigenvalue weighted by Gasteiger charge is -2.06. The van der Waals surface area contributed by atoms with Crippen molar-refractivity contribution in [2.75, 3.05) is 6.54 Å². The predicted octanol–water partition coefficient (Wildman–Crippen LogP) is 3.11. The Morgan fingerprint density at radius 1 is 1.25 bits per heavy atom. The summed E-state index contributed by atoms with van der Waals surface area (Å²) in [7, 11) is 0. The molecule has 0 heterocycles. The maximum atomic E-state index is 5.41. The Morgan fingerprint density at radius 2 is 1.83 bits per heavy atom. The van der Waals surface area contributed by atoms with E-state index in [9.17, 15) is 0 Å². The first-order chi connectivity index (χ1) is 5.66. The monoisotopic (exact) mass is 169 g/mol. The zero-order valence-corrected chi connectivity index (χ0v) is 8.60. The fourth-order valence-electron chi connectivity index (χ4n) is 1.24. The highest BCUT2D eigenvalue weighted by Crippen LogP contribution is 2.13. The molecular weight excluding hydrogens is 146 g/mol. The second-order valence-electron chi connectivity index (χ2n) is 3.93. The van der Waals surface area contributed by atoms with Crippen molar-refractivity contribution in [3.8, 4) is 0 Å². The lowest BCUT2D eigenvalue weighted by atomic mass is 10.0. The Kier molecular flexibility index (Phi) is 7.17. The second kappa shape index (κ2) is 7.35. The summed E-state index contributed by atoms with van der Waals surface area (Å²) in [6, 6.07) is 0. The van der Waals surface area contributed by atoms with Gasteiger partial charge in [-0.1, -0.05) is 32.4 Å². The van der Waals surface area contributed by atoms with Crippen LogP contribution in [0.5, 0.6) is 0 Å². The standard InChI is InChI=1S/C11H23N/c1-10(2)6-4-7-11(3)8-5-9-12/h10H,3-9,12H2,1-2H3. The van der Waals surface area contributed by atoms with Gasteiger partial charge in [0.15, 0.2) is 0 Å². The first kappa shape index (κ1) is 11.7. The van der Waals surface area contributed by atoms with Gasteiger partial charge >= 0.3 is 0 Å². The minimum atomic E-state index is 0.795. The van der Waals surface area contributed by atoms with Crippen molar-refractivity contribution in [1.29, 1.82) is 0 Å². The summed E-state index contributed by atoms with van der Waals surface area (Å²) in [5.41, 5.74) is 6.79. The van der Waals surface area contributed by atoms with Gasteiger partial charge in [0.05, 0.1) is 0 Å². The van der Waals surface area contributed by atoms with Crippen LogP contribution in [0.2, 0.25) is 0 Å². The number of hydrogen-bond acceptors (Lipinski definition) is 1. The van der Waals surface area contributed by atoms with Crippen LogP contribution in [0.25, 0.3) is 0 Å². The highest BCUT2D eigenvalue weighted by atomic mass is 14.5. The number of allylic oxidation sites excluding steroid dienone is 1. The first-order valence-electron chi connectivity index (χ1n) is 5.03. The van der Waals surface area contributed by atoms with Gasteiger partial charge in [0.25, 0.3) is 0 Å². The molecule has 0 aromatic rings. The summed E-state index contributed by atoms with van der Waals surface area (Å²) in [6.07, 6.45) is 6.02. The molecule has 0 saturated carbocycles. The van der Waals surface area contributed by atoms with Crippen molar-refractivity contribution < 1.29 is 0 Å². The van der Waals surface area contributed by atoms with Crippen molar-refractivity contribution in [3.63, 3.8) is 0 Å². The Labute approximate surface area is 77.0 Å². The van der Waals surface area contributed by atoms with E-state index in [2.05, 4.69) is 20.4 Å². The summed E-state index contributed by atoms with van der Waals surface area (Å²) < 4.78 is 0. The van der Waals surface area contributed by atoms with Crippen LogP contribution in [0.15, 0.2) is 12.2 Å². The molecule has 0 spiro atoms. The average Bonchev–Trinajstić information content (AvgIpc) is 2.00. The van der Waals surface area contributed by atoms with Crippen LogP contribution in [-0.4, -0.2) is 6.54 Å². The molecule has 0 bridgehead atoms. The molecule has 0 saturated heterocycles. The van der Waals surface area contributed by atoms with E-state index in [0.717, 1.165) is 25.3 Å². The van der Waals surface area contributed by atoms with Crippen LogP contribution in [0.3, 0.4) is 0 Å². The number of rotatable bonds is 7. The van der Waals surface area contributed by atoms with Crippen LogP contribution in [0.1, 0.15) is 46.0 Å². The third-order valence-electron chi connectivity index (χ3n) is 2.05. The molecule has 0 unspecified atom stereocenters. The van der Waals surface area contributed by atoms with Gasteiger partial charge in [-0.25, -0.2) is 0 Å². The second-order valence-corrected chi connectivity index (χ2v) is 3.93. The minimum Gasteiger partial charge on any atom is -0.330 e. The summed E-state index contributed by atoms with van der Waals surface area (Å²) >= 11 is 0. The van der Waals surface area contributed by atoms with Crippen molar-refractivity contribution in [2.45, 2.75) is 46.0 Å². The molecule has 0 rings (SSSR count). The predicted molar refractivity (Wildman–Crippen MR) is 56.1 cm³/mol. The molecule has 0 aliphatic rings. The Hall–Kier alpha value is -0.300. The molecule has 0 radical (unpaired) electrons. The molecule has 0 atom stereocenters. The third kappa shape index (κ3) is 7.80. The van der Waals surface area contributed by atoms with E-state index in [0.29, 0.717) is 0 Å². The van der Waals surface area contributed by atoms with Crippen molar-refractivity contribution in [2.24, 2.45) is 11.7 Å². The van der Waals surface area contributed by atoms with Crippen LogP contribution in [-0.2, 0) is 0 Å². The fraction of sp³-hybridized carbons (Fsp3) is 0.818. The molecule has 0 fully saturated rings. The third-order valence-corrected chi connectivity index (χ3v) is 2.05. The molecule has 0 amide bonds. The van der Waals surface area contributed by atoms with Gasteiger partial charge in [-0.15, -0.1) is 0 Å². The molecule has 1 heteroatoms. The van der Waals surface area contributed by atoms with Gasteiger partial charge in [-0.3, -0.25) is 0 Å². The average molecular weight is 169 g/mol. The molecule has 0 aliphatic carbocycles. The van der Waals surface area contributed by atoms with E-state index in [1.807, 2.05) is 0 Å². The van der Waals surface area contributed by atoms with Gasteiger partial charge in [-0.05, 0) is 38.1 Å². The topological polar surface area (TPSA) is 26.0 Å².